The lowest BCUT2D eigenvalue weighted by atomic mass is 10.1. The summed E-state index contributed by atoms with van der Waals surface area (Å²) in [6.45, 7) is 0. The number of benzene rings is 1. The average Bonchev–Trinajstić information content (AvgIpc) is 2.57. The summed E-state index contributed by atoms with van der Waals surface area (Å²) in [7, 11) is 0. The number of hydrogen-bond donors (Lipinski definition) is 1. The third-order valence-electron chi connectivity index (χ3n) is 1.75. The van der Waals surface area contributed by atoms with Crippen molar-refractivity contribution in [2.75, 3.05) is 5.73 Å². The zero-order valence-corrected chi connectivity index (χ0v) is 7.34. The summed E-state index contributed by atoms with van der Waals surface area (Å²) < 4.78 is 0. The number of nitrogen functional groups attached to an aromatic ring is 1. The van der Waals surface area contributed by atoms with Crippen LogP contribution in [0.15, 0.2) is 41.8 Å². The Morgan fingerprint density at radius 3 is 2.50 bits per heavy atom. The first kappa shape index (κ1) is 7.37. The van der Waals surface area contributed by atoms with E-state index in [0.717, 1.165) is 11.3 Å². The largest absolute Gasteiger partial charge is 0.398 e. The SMILES string of the molecule is Nc1ccccc1-c1cccs1. The highest BCUT2D eigenvalue weighted by atomic mass is 32.1. The van der Waals surface area contributed by atoms with Crippen molar-refractivity contribution < 1.29 is 0 Å². The number of nitrogens with two attached hydrogens (primary N) is 1. The highest BCUT2D eigenvalue weighted by molar-refractivity contribution is 7.13. The van der Waals surface area contributed by atoms with Crippen LogP contribution in [0.2, 0.25) is 0 Å². The van der Waals surface area contributed by atoms with Crippen molar-refractivity contribution in [3.8, 4) is 10.4 Å². The van der Waals surface area contributed by atoms with Crippen molar-refractivity contribution in [2.45, 2.75) is 0 Å². The van der Waals surface area contributed by atoms with Crippen molar-refractivity contribution in [3.05, 3.63) is 41.8 Å². The molecule has 0 spiro atoms. The highest BCUT2D eigenvalue weighted by Crippen LogP contribution is 2.28. The Morgan fingerprint density at radius 2 is 1.83 bits per heavy atom. The fourth-order valence-electron chi connectivity index (χ4n) is 1.15. The van der Waals surface area contributed by atoms with E-state index in [2.05, 4.69) is 11.4 Å². The molecular weight excluding hydrogens is 166 g/mol. The van der Waals surface area contributed by atoms with E-state index in [-0.39, 0.29) is 0 Å². The quantitative estimate of drug-likeness (QED) is 0.662. The van der Waals surface area contributed by atoms with Gasteiger partial charge in [0.05, 0.1) is 0 Å². The van der Waals surface area contributed by atoms with Gasteiger partial charge in [0.1, 0.15) is 0 Å². The minimum absolute atomic E-state index is 0.847. The van der Waals surface area contributed by atoms with Crippen LogP contribution in [0.3, 0.4) is 0 Å². The Morgan fingerprint density at radius 1 is 1.00 bits per heavy atom. The maximum Gasteiger partial charge on any atom is 0.0401 e. The number of anilines is 1. The van der Waals surface area contributed by atoms with Crippen molar-refractivity contribution >= 4 is 17.0 Å². The molecule has 1 heterocycles. The first-order valence-corrected chi connectivity index (χ1v) is 4.64. The molecule has 2 aromatic rings. The summed E-state index contributed by atoms with van der Waals surface area (Å²) in [6, 6.07) is 12.0. The molecule has 60 valence electrons. The van der Waals surface area contributed by atoms with Crippen molar-refractivity contribution in [2.24, 2.45) is 0 Å². The molecule has 0 saturated carbocycles. The lowest BCUT2D eigenvalue weighted by molar-refractivity contribution is 1.68. The molecule has 0 aliphatic carbocycles. The van der Waals surface area contributed by atoms with E-state index < -0.39 is 0 Å². The monoisotopic (exact) mass is 175 g/mol. The van der Waals surface area contributed by atoms with Crippen LogP contribution in [-0.2, 0) is 0 Å². The predicted molar refractivity (Wildman–Crippen MR) is 54.2 cm³/mol. The topological polar surface area (TPSA) is 26.0 Å². The molecule has 0 saturated heterocycles. The molecule has 12 heavy (non-hydrogen) atoms. The van der Waals surface area contributed by atoms with E-state index in [9.17, 15) is 0 Å². The van der Waals surface area contributed by atoms with Crippen molar-refractivity contribution in [3.63, 3.8) is 0 Å². The lowest BCUT2D eigenvalue weighted by Crippen LogP contribution is -1.86. The van der Waals surface area contributed by atoms with Gasteiger partial charge in [0.15, 0.2) is 0 Å². The zero-order chi connectivity index (χ0) is 8.39. The first-order valence-electron chi connectivity index (χ1n) is 3.76. The van der Waals surface area contributed by atoms with E-state index in [1.165, 1.54) is 4.88 Å². The normalized spacial score (nSPS) is 10.0. The molecule has 0 aliphatic rings. The van der Waals surface area contributed by atoms with Gasteiger partial charge in [-0.05, 0) is 17.5 Å². The molecule has 1 nitrogen and oxygen atoms in total. The molecule has 0 atom stereocenters. The molecule has 0 amide bonds. The summed E-state index contributed by atoms with van der Waals surface area (Å²) in [5, 5.41) is 2.06. The Kier molecular flexibility index (Phi) is 1.84. The molecule has 0 fully saturated rings. The van der Waals surface area contributed by atoms with Crippen molar-refractivity contribution in [1.29, 1.82) is 0 Å². The molecule has 0 radical (unpaired) electrons. The van der Waals surface area contributed by atoms with E-state index in [1.54, 1.807) is 11.3 Å². The third kappa shape index (κ3) is 1.21. The van der Waals surface area contributed by atoms with Gasteiger partial charge in [-0.15, -0.1) is 11.3 Å². The number of rotatable bonds is 1. The van der Waals surface area contributed by atoms with Gasteiger partial charge in [-0.25, -0.2) is 0 Å². The fraction of sp³-hybridized carbons (Fsp3) is 0. The maximum atomic E-state index is 5.82. The maximum absolute atomic E-state index is 5.82. The summed E-state index contributed by atoms with van der Waals surface area (Å²) in [4.78, 5) is 1.23. The zero-order valence-electron chi connectivity index (χ0n) is 6.53. The van der Waals surface area contributed by atoms with Crippen LogP contribution in [0.1, 0.15) is 0 Å². The van der Waals surface area contributed by atoms with Crippen molar-refractivity contribution in [1.82, 2.24) is 0 Å². The molecule has 0 unspecified atom stereocenters. The fourth-order valence-corrected chi connectivity index (χ4v) is 1.93. The van der Waals surface area contributed by atoms with Gasteiger partial charge in [0.25, 0.3) is 0 Å². The second-order valence-corrected chi connectivity index (χ2v) is 3.51. The summed E-state index contributed by atoms with van der Waals surface area (Å²) in [6.07, 6.45) is 0. The van der Waals surface area contributed by atoms with Gasteiger partial charge >= 0.3 is 0 Å². The van der Waals surface area contributed by atoms with Gasteiger partial charge in [0, 0.05) is 16.1 Å². The summed E-state index contributed by atoms with van der Waals surface area (Å²) in [5.41, 5.74) is 7.80. The summed E-state index contributed by atoms with van der Waals surface area (Å²) in [5.74, 6) is 0. The minimum atomic E-state index is 0.847. The molecule has 1 aromatic carbocycles. The van der Waals surface area contributed by atoms with Crippen LogP contribution in [0, 0.1) is 0 Å². The Balaban J connectivity index is 2.55. The average molecular weight is 175 g/mol. The second-order valence-electron chi connectivity index (χ2n) is 2.56. The van der Waals surface area contributed by atoms with Crippen LogP contribution >= 0.6 is 11.3 Å². The minimum Gasteiger partial charge on any atom is -0.398 e. The summed E-state index contributed by atoms with van der Waals surface area (Å²) >= 11 is 1.71. The molecule has 2 N–H and O–H groups in total. The van der Waals surface area contributed by atoms with E-state index >= 15 is 0 Å². The van der Waals surface area contributed by atoms with Gasteiger partial charge in [-0.3, -0.25) is 0 Å². The van der Waals surface area contributed by atoms with E-state index in [1.807, 2.05) is 30.3 Å². The van der Waals surface area contributed by atoms with Crippen LogP contribution in [0.5, 0.6) is 0 Å². The number of hydrogen-bond acceptors (Lipinski definition) is 2. The molecule has 0 aliphatic heterocycles. The number of thiophene rings is 1. The number of para-hydroxylation sites is 1. The molecular formula is C10H9NS. The van der Waals surface area contributed by atoms with Crippen LogP contribution in [-0.4, -0.2) is 0 Å². The first-order chi connectivity index (χ1) is 5.88. The van der Waals surface area contributed by atoms with Gasteiger partial charge in [0.2, 0.25) is 0 Å². The van der Waals surface area contributed by atoms with Crippen LogP contribution in [0.25, 0.3) is 10.4 Å². The predicted octanol–water partition coefficient (Wildman–Crippen LogP) is 3.00. The molecule has 2 heteroatoms. The van der Waals surface area contributed by atoms with Gasteiger partial charge in [-0.1, -0.05) is 24.3 Å². The van der Waals surface area contributed by atoms with Gasteiger partial charge < -0.3 is 5.73 Å². The Hall–Kier alpha value is -1.28. The highest BCUT2D eigenvalue weighted by Gasteiger charge is 2.00. The van der Waals surface area contributed by atoms with Gasteiger partial charge in [-0.2, -0.15) is 0 Å². The molecule has 0 bridgehead atoms. The second kappa shape index (κ2) is 2.99. The lowest BCUT2D eigenvalue weighted by Gasteiger charge is -2.00. The standard InChI is InChI=1S/C10H9NS/c11-9-5-2-1-4-8(9)10-6-3-7-12-10/h1-7H,11H2. The van der Waals surface area contributed by atoms with Crippen LogP contribution in [0.4, 0.5) is 5.69 Å². The Bertz CT molecular complexity index is 365. The molecule has 2 rings (SSSR count). The Labute approximate surface area is 75.5 Å². The van der Waals surface area contributed by atoms with E-state index in [4.69, 9.17) is 5.73 Å². The van der Waals surface area contributed by atoms with Crippen LogP contribution < -0.4 is 5.73 Å². The smallest absolute Gasteiger partial charge is 0.0401 e. The molecule has 1 aromatic heterocycles. The van der Waals surface area contributed by atoms with E-state index in [0.29, 0.717) is 0 Å². The third-order valence-corrected chi connectivity index (χ3v) is 2.65.